The van der Waals surface area contributed by atoms with Gasteiger partial charge in [-0.1, -0.05) is 12.1 Å². The molecule has 1 aliphatic heterocycles. The van der Waals surface area contributed by atoms with Crippen LogP contribution >= 0.6 is 0 Å². The standard InChI is InChI=1S/C15H20BFO4/c1-14(2)15(3,4)21-16(20-14)12(17)9-10-7-6-8-11(18)13(10)19-5/h6-9,18H,1-5H3. The summed E-state index contributed by atoms with van der Waals surface area (Å²) in [5, 5.41) is 9.70. The van der Waals surface area contributed by atoms with E-state index in [-0.39, 0.29) is 11.5 Å². The van der Waals surface area contributed by atoms with Crippen molar-refractivity contribution >= 4 is 13.2 Å². The molecule has 1 aromatic carbocycles. The molecule has 6 heteroatoms. The molecule has 0 unspecified atom stereocenters. The number of hydrogen-bond acceptors (Lipinski definition) is 4. The van der Waals surface area contributed by atoms with Crippen molar-refractivity contribution in [2.75, 3.05) is 7.11 Å². The molecule has 1 heterocycles. The third-order valence-electron chi connectivity index (χ3n) is 4.00. The molecule has 1 aromatic rings. The first-order chi connectivity index (χ1) is 9.68. The fraction of sp³-hybridized carbons (Fsp3) is 0.467. The van der Waals surface area contributed by atoms with Gasteiger partial charge in [-0.05, 0) is 39.8 Å². The maximum absolute atomic E-state index is 14.4. The minimum absolute atomic E-state index is 0.0482. The lowest BCUT2D eigenvalue weighted by molar-refractivity contribution is 0.00578. The van der Waals surface area contributed by atoms with Gasteiger partial charge in [-0.15, -0.1) is 0 Å². The highest BCUT2D eigenvalue weighted by molar-refractivity contribution is 6.54. The first kappa shape index (κ1) is 15.9. The van der Waals surface area contributed by atoms with Crippen LogP contribution in [0.2, 0.25) is 0 Å². The van der Waals surface area contributed by atoms with Crippen molar-refractivity contribution in [3.05, 3.63) is 29.5 Å². The first-order valence-corrected chi connectivity index (χ1v) is 6.76. The van der Waals surface area contributed by atoms with E-state index < -0.39 is 24.0 Å². The van der Waals surface area contributed by atoms with E-state index in [0.717, 1.165) is 0 Å². The second kappa shape index (κ2) is 5.35. The summed E-state index contributed by atoms with van der Waals surface area (Å²) >= 11 is 0. The van der Waals surface area contributed by atoms with Gasteiger partial charge in [-0.2, -0.15) is 0 Å². The van der Waals surface area contributed by atoms with Crippen molar-refractivity contribution in [2.45, 2.75) is 38.9 Å². The average molecular weight is 294 g/mol. The van der Waals surface area contributed by atoms with E-state index in [4.69, 9.17) is 14.0 Å². The lowest BCUT2D eigenvalue weighted by Gasteiger charge is -2.32. The maximum atomic E-state index is 14.4. The molecule has 4 nitrogen and oxygen atoms in total. The van der Waals surface area contributed by atoms with Gasteiger partial charge in [-0.25, -0.2) is 4.39 Å². The van der Waals surface area contributed by atoms with Crippen molar-refractivity contribution in [3.8, 4) is 11.5 Å². The number of phenolic OH excluding ortho intramolecular Hbond substituents is 1. The summed E-state index contributed by atoms with van der Waals surface area (Å²) in [5.74, 6) is 0.164. The topological polar surface area (TPSA) is 47.9 Å². The fourth-order valence-electron chi connectivity index (χ4n) is 2.05. The normalized spacial score (nSPS) is 20.7. The molecule has 0 spiro atoms. The second-order valence-corrected chi connectivity index (χ2v) is 6.02. The summed E-state index contributed by atoms with van der Waals surface area (Å²) in [6, 6.07) is 4.73. The quantitative estimate of drug-likeness (QED) is 0.869. The Hall–Kier alpha value is -1.53. The molecule has 1 fully saturated rings. The third-order valence-corrected chi connectivity index (χ3v) is 4.00. The van der Waals surface area contributed by atoms with Crippen LogP contribution in [0.1, 0.15) is 33.3 Å². The van der Waals surface area contributed by atoms with Gasteiger partial charge in [0.2, 0.25) is 0 Å². The van der Waals surface area contributed by atoms with Crippen molar-refractivity contribution in [3.63, 3.8) is 0 Å². The number of ether oxygens (including phenoxy) is 1. The van der Waals surface area contributed by atoms with Crippen LogP contribution in [-0.2, 0) is 9.31 Å². The van der Waals surface area contributed by atoms with E-state index in [2.05, 4.69) is 0 Å². The van der Waals surface area contributed by atoms with Crippen LogP contribution in [0.4, 0.5) is 4.39 Å². The molecular weight excluding hydrogens is 274 g/mol. The Morgan fingerprint density at radius 2 is 1.81 bits per heavy atom. The minimum Gasteiger partial charge on any atom is -0.504 e. The highest BCUT2D eigenvalue weighted by Crippen LogP contribution is 2.39. The number of para-hydroxylation sites is 1. The average Bonchev–Trinajstić information content (AvgIpc) is 2.59. The summed E-state index contributed by atoms with van der Waals surface area (Å²) < 4.78 is 30.7. The van der Waals surface area contributed by atoms with Crippen LogP contribution in [0, 0.1) is 0 Å². The number of methoxy groups -OCH3 is 1. The van der Waals surface area contributed by atoms with Gasteiger partial charge in [0.05, 0.1) is 18.3 Å². The van der Waals surface area contributed by atoms with Crippen LogP contribution in [-0.4, -0.2) is 30.5 Å². The van der Waals surface area contributed by atoms with E-state index in [1.54, 1.807) is 12.1 Å². The van der Waals surface area contributed by atoms with Gasteiger partial charge in [0.25, 0.3) is 0 Å². The Bertz CT molecular complexity index is 553. The molecule has 0 saturated carbocycles. The number of halogens is 1. The van der Waals surface area contributed by atoms with E-state index in [1.165, 1.54) is 19.3 Å². The van der Waals surface area contributed by atoms with Gasteiger partial charge in [0.15, 0.2) is 11.5 Å². The van der Waals surface area contributed by atoms with Crippen LogP contribution in [0.15, 0.2) is 23.9 Å². The molecule has 0 amide bonds. The van der Waals surface area contributed by atoms with Gasteiger partial charge in [-0.3, -0.25) is 0 Å². The molecule has 0 bridgehead atoms. The summed E-state index contributed by atoms with van der Waals surface area (Å²) in [6.45, 7) is 7.43. The van der Waals surface area contributed by atoms with Gasteiger partial charge < -0.3 is 19.2 Å². The molecule has 0 radical (unpaired) electrons. The zero-order valence-electron chi connectivity index (χ0n) is 12.9. The van der Waals surface area contributed by atoms with E-state index in [0.29, 0.717) is 5.56 Å². The molecule has 21 heavy (non-hydrogen) atoms. The highest BCUT2D eigenvalue weighted by Gasteiger charge is 2.53. The van der Waals surface area contributed by atoms with E-state index in [1.807, 2.05) is 27.7 Å². The van der Waals surface area contributed by atoms with Crippen molar-refractivity contribution in [2.24, 2.45) is 0 Å². The van der Waals surface area contributed by atoms with Gasteiger partial charge >= 0.3 is 7.12 Å². The van der Waals surface area contributed by atoms with Crippen LogP contribution in [0.25, 0.3) is 6.08 Å². The van der Waals surface area contributed by atoms with Crippen molar-refractivity contribution < 1.29 is 23.5 Å². The smallest absolute Gasteiger partial charge is 0.504 e. The third kappa shape index (κ3) is 2.92. The number of phenols is 1. The highest BCUT2D eigenvalue weighted by atomic mass is 19.1. The first-order valence-electron chi connectivity index (χ1n) is 6.76. The van der Waals surface area contributed by atoms with Crippen molar-refractivity contribution in [1.29, 1.82) is 0 Å². The Balaban J connectivity index is 2.30. The lowest BCUT2D eigenvalue weighted by Crippen LogP contribution is -2.41. The number of rotatable bonds is 3. The molecule has 1 N–H and O–H groups in total. The largest absolute Gasteiger partial charge is 0.525 e. The zero-order chi connectivity index (χ0) is 15.8. The monoisotopic (exact) mass is 294 g/mol. The van der Waals surface area contributed by atoms with Gasteiger partial charge in [0, 0.05) is 5.56 Å². The van der Waals surface area contributed by atoms with Gasteiger partial charge in [0.1, 0.15) is 5.73 Å². The predicted molar refractivity (Wildman–Crippen MR) is 79.8 cm³/mol. The Morgan fingerprint density at radius 3 is 2.33 bits per heavy atom. The molecule has 0 atom stereocenters. The van der Waals surface area contributed by atoms with Crippen LogP contribution < -0.4 is 4.74 Å². The summed E-state index contributed by atoms with van der Waals surface area (Å²) in [7, 11) is 0.348. The van der Waals surface area contributed by atoms with E-state index >= 15 is 0 Å². The maximum Gasteiger partial charge on any atom is 0.525 e. The number of aromatic hydroxyl groups is 1. The molecular formula is C15H20BFO4. The summed E-state index contributed by atoms with van der Waals surface area (Å²) in [4.78, 5) is 0. The number of benzene rings is 1. The SMILES string of the molecule is COc1c(O)cccc1C=C(F)B1OC(C)(C)C(C)(C)O1. The molecule has 0 aliphatic carbocycles. The lowest BCUT2D eigenvalue weighted by atomic mass is 9.86. The van der Waals surface area contributed by atoms with E-state index in [9.17, 15) is 9.50 Å². The Kier molecular flexibility index (Phi) is 4.04. The molecule has 114 valence electrons. The molecule has 1 aliphatic rings. The Labute approximate surface area is 124 Å². The Morgan fingerprint density at radius 1 is 1.24 bits per heavy atom. The summed E-state index contributed by atoms with van der Waals surface area (Å²) in [5.41, 5.74) is -1.36. The van der Waals surface area contributed by atoms with Crippen LogP contribution in [0.5, 0.6) is 11.5 Å². The minimum atomic E-state index is -1.07. The molecule has 1 saturated heterocycles. The fourth-order valence-corrected chi connectivity index (χ4v) is 2.05. The molecule has 2 rings (SSSR count). The predicted octanol–water partition coefficient (Wildman–Crippen LogP) is 3.34. The zero-order valence-corrected chi connectivity index (χ0v) is 12.9. The summed E-state index contributed by atoms with van der Waals surface area (Å²) in [6.07, 6.45) is 1.25. The number of hydrogen-bond donors (Lipinski definition) is 1. The second-order valence-electron chi connectivity index (χ2n) is 6.02. The van der Waals surface area contributed by atoms with Crippen molar-refractivity contribution in [1.82, 2.24) is 0 Å². The van der Waals surface area contributed by atoms with Crippen LogP contribution in [0.3, 0.4) is 0 Å². The molecule has 0 aromatic heterocycles.